The van der Waals surface area contributed by atoms with E-state index in [4.69, 9.17) is 14.6 Å². The Morgan fingerprint density at radius 1 is 1.06 bits per heavy atom. The van der Waals surface area contributed by atoms with Crippen molar-refractivity contribution >= 4 is 0 Å². The SMILES string of the molecule is CC(C)CCC(C)(C)OC(C)COC(C)CO. The van der Waals surface area contributed by atoms with Crippen molar-refractivity contribution in [3.8, 4) is 0 Å². The van der Waals surface area contributed by atoms with Gasteiger partial charge in [-0.25, -0.2) is 0 Å². The molecule has 0 heterocycles. The summed E-state index contributed by atoms with van der Waals surface area (Å²) >= 11 is 0. The summed E-state index contributed by atoms with van der Waals surface area (Å²) in [5.41, 5.74) is -0.102. The minimum Gasteiger partial charge on any atom is -0.394 e. The van der Waals surface area contributed by atoms with E-state index >= 15 is 0 Å². The highest BCUT2D eigenvalue weighted by Gasteiger charge is 2.22. The fourth-order valence-electron chi connectivity index (χ4n) is 1.63. The molecule has 0 spiro atoms. The van der Waals surface area contributed by atoms with Crippen LogP contribution in [0, 0.1) is 5.92 Å². The van der Waals surface area contributed by atoms with Gasteiger partial charge in [0.15, 0.2) is 0 Å². The number of aliphatic hydroxyl groups is 1. The van der Waals surface area contributed by atoms with Crippen LogP contribution >= 0.6 is 0 Å². The van der Waals surface area contributed by atoms with Crippen molar-refractivity contribution in [1.29, 1.82) is 0 Å². The zero-order valence-corrected chi connectivity index (χ0v) is 12.3. The second-order valence-corrected chi connectivity index (χ2v) is 5.95. The first-order valence-electron chi connectivity index (χ1n) is 6.67. The highest BCUT2D eigenvalue weighted by Crippen LogP contribution is 2.21. The van der Waals surface area contributed by atoms with Crippen LogP contribution in [0.2, 0.25) is 0 Å². The van der Waals surface area contributed by atoms with Gasteiger partial charge in [0.1, 0.15) is 0 Å². The monoisotopic (exact) mass is 246 g/mol. The predicted molar refractivity (Wildman–Crippen MR) is 71.2 cm³/mol. The maximum absolute atomic E-state index is 8.86. The number of ether oxygens (including phenoxy) is 2. The van der Waals surface area contributed by atoms with Gasteiger partial charge in [0.05, 0.1) is 31.0 Å². The van der Waals surface area contributed by atoms with Crippen molar-refractivity contribution in [1.82, 2.24) is 0 Å². The van der Waals surface area contributed by atoms with E-state index in [0.29, 0.717) is 12.5 Å². The van der Waals surface area contributed by atoms with Crippen LogP contribution in [0.1, 0.15) is 54.4 Å². The zero-order valence-electron chi connectivity index (χ0n) is 12.3. The third-order valence-corrected chi connectivity index (χ3v) is 2.72. The van der Waals surface area contributed by atoms with E-state index < -0.39 is 0 Å². The molecule has 0 aliphatic rings. The topological polar surface area (TPSA) is 38.7 Å². The summed E-state index contributed by atoms with van der Waals surface area (Å²) in [5, 5.41) is 8.86. The molecule has 0 amide bonds. The lowest BCUT2D eigenvalue weighted by molar-refractivity contribution is -0.111. The molecule has 0 aliphatic carbocycles. The fraction of sp³-hybridized carbons (Fsp3) is 1.00. The van der Waals surface area contributed by atoms with Crippen molar-refractivity contribution in [3.05, 3.63) is 0 Å². The Bertz CT molecular complexity index is 190. The van der Waals surface area contributed by atoms with Crippen molar-refractivity contribution in [2.75, 3.05) is 13.2 Å². The molecule has 2 atom stereocenters. The number of aliphatic hydroxyl groups excluding tert-OH is 1. The molecule has 0 fully saturated rings. The minimum absolute atomic E-state index is 0.0590. The fourth-order valence-corrected chi connectivity index (χ4v) is 1.63. The average Bonchev–Trinajstić information content (AvgIpc) is 2.22. The van der Waals surface area contributed by atoms with Gasteiger partial charge in [0.25, 0.3) is 0 Å². The van der Waals surface area contributed by atoms with Gasteiger partial charge in [-0.05, 0) is 46.5 Å². The van der Waals surface area contributed by atoms with Gasteiger partial charge in [-0.15, -0.1) is 0 Å². The van der Waals surface area contributed by atoms with E-state index in [-0.39, 0.29) is 24.4 Å². The molecule has 3 heteroatoms. The molecule has 0 aromatic carbocycles. The molecule has 0 saturated carbocycles. The van der Waals surface area contributed by atoms with Gasteiger partial charge in [0.2, 0.25) is 0 Å². The van der Waals surface area contributed by atoms with Gasteiger partial charge in [-0.2, -0.15) is 0 Å². The van der Waals surface area contributed by atoms with E-state index in [9.17, 15) is 0 Å². The first-order chi connectivity index (χ1) is 7.76. The van der Waals surface area contributed by atoms with Crippen molar-refractivity contribution in [2.45, 2.75) is 72.2 Å². The Hall–Kier alpha value is -0.120. The van der Waals surface area contributed by atoms with Crippen LogP contribution in [0.3, 0.4) is 0 Å². The number of hydrogen-bond acceptors (Lipinski definition) is 3. The highest BCUT2D eigenvalue weighted by atomic mass is 16.6. The van der Waals surface area contributed by atoms with Crippen LogP contribution in [0.5, 0.6) is 0 Å². The molecular formula is C14H30O3. The molecule has 17 heavy (non-hydrogen) atoms. The Morgan fingerprint density at radius 2 is 1.65 bits per heavy atom. The quantitative estimate of drug-likeness (QED) is 0.679. The maximum Gasteiger partial charge on any atom is 0.0787 e. The molecule has 0 bridgehead atoms. The van der Waals surface area contributed by atoms with Crippen molar-refractivity contribution in [3.63, 3.8) is 0 Å². The number of hydrogen-bond donors (Lipinski definition) is 1. The molecule has 0 saturated heterocycles. The molecule has 0 radical (unpaired) electrons. The van der Waals surface area contributed by atoms with Gasteiger partial charge < -0.3 is 14.6 Å². The van der Waals surface area contributed by atoms with Crippen LogP contribution < -0.4 is 0 Å². The van der Waals surface area contributed by atoms with Crippen LogP contribution in [0.15, 0.2) is 0 Å². The van der Waals surface area contributed by atoms with Gasteiger partial charge >= 0.3 is 0 Å². The summed E-state index contributed by atoms with van der Waals surface area (Å²) in [6, 6.07) is 0. The van der Waals surface area contributed by atoms with Gasteiger partial charge in [-0.1, -0.05) is 13.8 Å². The Balaban J connectivity index is 3.87. The van der Waals surface area contributed by atoms with E-state index in [1.807, 2.05) is 13.8 Å². The maximum atomic E-state index is 8.86. The molecule has 0 aliphatic heterocycles. The van der Waals surface area contributed by atoms with Gasteiger partial charge in [0, 0.05) is 0 Å². The Labute approximate surface area is 107 Å². The Morgan fingerprint density at radius 3 is 2.12 bits per heavy atom. The summed E-state index contributed by atoms with van der Waals surface area (Å²) in [6.07, 6.45) is 2.18. The zero-order chi connectivity index (χ0) is 13.5. The lowest BCUT2D eigenvalue weighted by Crippen LogP contribution is -2.33. The van der Waals surface area contributed by atoms with E-state index in [1.54, 1.807) is 0 Å². The van der Waals surface area contributed by atoms with Crippen molar-refractivity contribution in [2.24, 2.45) is 5.92 Å². The smallest absolute Gasteiger partial charge is 0.0787 e. The summed E-state index contributed by atoms with van der Waals surface area (Å²) in [4.78, 5) is 0. The third kappa shape index (κ3) is 9.57. The van der Waals surface area contributed by atoms with E-state index in [2.05, 4.69) is 27.7 Å². The molecule has 0 rings (SSSR count). The molecule has 104 valence electrons. The lowest BCUT2D eigenvalue weighted by Gasteiger charge is -2.30. The third-order valence-electron chi connectivity index (χ3n) is 2.72. The van der Waals surface area contributed by atoms with Crippen LogP contribution in [-0.4, -0.2) is 36.1 Å². The first-order valence-corrected chi connectivity index (χ1v) is 6.67. The lowest BCUT2D eigenvalue weighted by atomic mass is 9.97. The summed E-state index contributed by atoms with van der Waals surface area (Å²) in [6.45, 7) is 13.2. The molecule has 0 aromatic rings. The molecule has 3 nitrogen and oxygen atoms in total. The second kappa shape index (κ2) is 8.06. The molecule has 2 unspecified atom stereocenters. The van der Waals surface area contributed by atoms with E-state index in [1.165, 1.54) is 6.42 Å². The summed E-state index contributed by atoms with van der Waals surface area (Å²) < 4.78 is 11.4. The van der Waals surface area contributed by atoms with Crippen LogP contribution in [-0.2, 0) is 9.47 Å². The standard InChI is InChI=1S/C14H30O3/c1-11(2)7-8-14(5,6)17-13(4)10-16-12(3)9-15/h11-13,15H,7-10H2,1-6H3. The largest absolute Gasteiger partial charge is 0.394 e. The average molecular weight is 246 g/mol. The van der Waals surface area contributed by atoms with E-state index in [0.717, 1.165) is 6.42 Å². The Kier molecular flexibility index (Phi) is 8.01. The van der Waals surface area contributed by atoms with Crippen LogP contribution in [0.4, 0.5) is 0 Å². The number of rotatable bonds is 9. The second-order valence-electron chi connectivity index (χ2n) is 5.95. The molecule has 0 aromatic heterocycles. The molecule has 1 N–H and O–H groups in total. The first kappa shape index (κ1) is 16.9. The highest BCUT2D eigenvalue weighted by molar-refractivity contribution is 4.71. The predicted octanol–water partition coefficient (Wildman–Crippen LogP) is 3.00. The van der Waals surface area contributed by atoms with Crippen molar-refractivity contribution < 1.29 is 14.6 Å². The normalized spacial score (nSPS) is 16.2. The van der Waals surface area contributed by atoms with Crippen LogP contribution in [0.25, 0.3) is 0 Å². The summed E-state index contributed by atoms with van der Waals surface area (Å²) in [7, 11) is 0. The minimum atomic E-state index is -0.111. The molecular weight excluding hydrogens is 216 g/mol. The summed E-state index contributed by atoms with van der Waals surface area (Å²) in [5.74, 6) is 0.707. The van der Waals surface area contributed by atoms with Gasteiger partial charge in [-0.3, -0.25) is 0 Å².